The maximum Gasteiger partial charge on any atom is 0.327 e. The van der Waals surface area contributed by atoms with Crippen LogP contribution in [0.5, 0.6) is 0 Å². The number of anilines is 1. The van der Waals surface area contributed by atoms with E-state index in [1.54, 1.807) is 12.1 Å². The number of hydrogen-bond donors (Lipinski definition) is 2. The highest BCUT2D eigenvalue weighted by Crippen LogP contribution is 2.25. The summed E-state index contributed by atoms with van der Waals surface area (Å²) in [6.45, 7) is 1.15. The third-order valence-electron chi connectivity index (χ3n) is 2.93. The third-order valence-corrected chi connectivity index (χ3v) is 2.93. The van der Waals surface area contributed by atoms with Crippen LogP contribution in [-0.4, -0.2) is 19.1 Å². The van der Waals surface area contributed by atoms with Gasteiger partial charge >= 0.3 is 6.03 Å². The van der Waals surface area contributed by atoms with Crippen molar-refractivity contribution in [3.8, 4) is 0 Å². The molecule has 0 atom stereocenters. The van der Waals surface area contributed by atoms with Gasteiger partial charge in [-0.15, -0.1) is 0 Å². The van der Waals surface area contributed by atoms with E-state index in [-0.39, 0.29) is 11.8 Å². The highest BCUT2D eigenvalue weighted by atomic mass is 19.1. The Bertz CT molecular complexity index is 565. The molecule has 1 aromatic carbocycles. The van der Waals surface area contributed by atoms with Crippen LogP contribution < -0.4 is 15.5 Å². The Morgan fingerprint density at radius 2 is 2.17 bits per heavy atom. The normalized spacial score (nSPS) is 18.3. The smallest absolute Gasteiger partial charge is 0.327 e. The largest absolute Gasteiger partial charge is 0.367 e. The van der Waals surface area contributed by atoms with Gasteiger partial charge in [0.15, 0.2) is 0 Å². The van der Waals surface area contributed by atoms with E-state index in [2.05, 4.69) is 10.6 Å². The van der Waals surface area contributed by atoms with Crippen LogP contribution in [-0.2, 0) is 0 Å². The van der Waals surface area contributed by atoms with Gasteiger partial charge in [0.1, 0.15) is 11.6 Å². The molecule has 18 heavy (non-hydrogen) atoms. The number of halogens is 1. The first kappa shape index (κ1) is 10.8. The van der Waals surface area contributed by atoms with Crippen molar-refractivity contribution in [1.29, 1.82) is 0 Å². The van der Waals surface area contributed by atoms with E-state index >= 15 is 0 Å². The summed E-state index contributed by atoms with van der Waals surface area (Å²) in [5, 5.41) is 5.92. The minimum atomic E-state index is -0.362. The van der Waals surface area contributed by atoms with Gasteiger partial charge in [0.2, 0.25) is 0 Å². The monoisotopic (exact) mass is 245 g/mol. The number of hydrogen-bond acceptors (Lipinski definition) is 2. The van der Waals surface area contributed by atoms with Crippen molar-refractivity contribution < 1.29 is 9.18 Å². The molecule has 2 aliphatic heterocycles. The Morgan fingerprint density at radius 1 is 1.28 bits per heavy atom. The van der Waals surface area contributed by atoms with Crippen molar-refractivity contribution >= 4 is 11.7 Å². The summed E-state index contributed by atoms with van der Waals surface area (Å²) >= 11 is 0. The van der Waals surface area contributed by atoms with Crippen LogP contribution in [0, 0.1) is 5.82 Å². The van der Waals surface area contributed by atoms with Crippen LogP contribution in [0.1, 0.15) is 0 Å². The van der Waals surface area contributed by atoms with Gasteiger partial charge in [-0.2, -0.15) is 0 Å². The van der Waals surface area contributed by atoms with E-state index in [1.807, 2.05) is 12.2 Å². The predicted molar refractivity (Wildman–Crippen MR) is 66.4 cm³/mol. The van der Waals surface area contributed by atoms with Crippen LogP contribution in [0.25, 0.3) is 0 Å². The Labute approximate surface area is 104 Å². The maximum atomic E-state index is 13.3. The van der Waals surface area contributed by atoms with Crippen LogP contribution in [0.2, 0.25) is 0 Å². The molecule has 0 saturated carbocycles. The molecule has 0 saturated heterocycles. The zero-order valence-corrected chi connectivity index (χ0v) is 9.61. The molecule has 0 bridgehead atoms. The van der Waals surface area contributed by atoms with Crippen molar-refractivity contribution in [2.24, 2.45) is 0 Å². The summed E-state index contributed by atoms with van der Waals surface area (Å²) in [4.78, 5) is 13.4. The quantitative estimate of drug-likeness (QED) is 0.791. The molecular weight excluding hydrogens is 233 g/mol. The van der Waals surface area contributed by atoms with Crippen LogP contribution in [0.15, 0.2) is 47.8 Å². The Kier molecular flexibility index (Phi) is 2.51. The Balaban J connectivity index is 2.08. The Hall–Kier alpha value is -2.30. The molecule has 5 heteroatoms. The highest BCUT2D eigenvalue weighted by Gasteiger charge is 2.27. The number of dihydropyridines is 1. The first-order valence-corrected chi connectivity index (χ1v) is 5.73. The van der Waals surface area contributed by atoms with Crippen LogP contribution in [0.4, 0.5) is 14.9 Å². The van der Waals surface area contributed by atoms with Gasteiger partial charge in [0.05, 0.1) is 5.69 Å². The molecule has 2 aliphatic rings. The lowest BCUT2D eigenvalue weighted by Crippen LogP contribution is -2.50. The molecule has 1 aromatic rings. The van der Waals surface area contributed by atoms with E-state index in [4.69, 9.17) is 0 Å². The van der Waals surface area contributed by atoms with E-state index in [9.17, 15) is 9.18 Å². The average molecular weight is 245 g/mol. The lowest BCUT2D eigenvalue weighted by Gasteiger charge is -2.33. The summed E-state index contributed by atoms with van der Waals surface area (Å²) in [5.74, 6) is 0.367. The van der Waals surface area contributed by atoms with Gasteiger partial charge in [-0.05, 0) is 18.2 Å². The first-order chi connectivity index (χ1) is 8.75. The zero-order valence-electron chi connectivity index (χ0n) is 9.61. The molecule has 2 N–H and O–H groups in total. The Morgan fingerprint density at radius 3 is 3.00 bits per heavy atom. The fourth-order valence-electron chi connectivity index (χ4n) is 2.13. The molecule has 3 rings (SSSR count). The van der Waals surface area contributed by atoms with Crippen LogP contribution >= 0.6 is 0 Å². The fourth-order valence-corrected chi connectivity index (χ4v) is 2.13. The molecule has 0 unspecified atom stereocenters. The highest BCUT2D eigenvalue weighted by molar-refractivity contribution is 5.96. The molecule has 0 spiro atoms. The number of carbonyl (C=O) groups excluding carboxylic acids is 1. The van der Waals surface area contributed by atoms with Crippen molar-refractivity contribution in [3.63, 3.8) is 0 Å². The second-order valence-electron chi connectivity index (χ2n) is 4.13. The predicted octanol–water partition coefficient (Wildman–Crippen LogP) is 1.73. The van der Waals surface area contributed by atoms with Gasteiger partial charge in [0, 0.05) is 18.7 Å². The van der Waals surface area contributed by atoms with E-state index in [0.29, 0.717) is 18.8 Å². The number of benzene rings is 1. The molecule has 0 aliphatic carbocycles. The molecule has 92 valence electrons. The minimum Gasteiger partial charge on any atom is -0.367 e. The summed E-state index contributed by atoms with van der Waals surface area (Å²) in [5.41, 5.74) is 1.51. The summed E-state index contributed by atoms with van der Waals surface area (Å²) < 4.78 is 13.3. The second-order valence-corrected chi connectivity index (χ2v) is 4.13. The van der Waals surface area contributed by atoms with Gasteiger partial charge in [-0.1, -0.05) is 18.2 Å². The number of rotatable bonds is 1. The number of urea groups is 1. The number of nitrogens with one attached hydrogen (secondary N) is 2. The van der Waals surface area contributed by atoms with Crippen LogP contribution in [0.3, 0.4) is 0 Å². The lowest BCUT2D eigenvalue weighted by atomic mass is 10.1. The van der Waals surface area contributed by atoms with Crippen molar-refractivity contribution in [3.05, 3.63) is 53.6 Å². The molecule has 4 nitrogen and oxygen atoms in total. The average Bonchev–Trinajstić information content (AvgIpc) is 2.38. The molecule has 0 fully saturated rings. The molecule has 0 aromatic heterocycles. The molecular formula is C13H12FN3O. The molecule has 2 heterocycles. The third kappa shape index (κ3) is 1.73. The standard InChI is InChI=1S/C13H12FN3O/c14-10-4-1-5-11(7-10)17-12-9(3-2-6-15-12)8-16-13(17)18/h1-5,7,15H,6,8H2,(H,16,18). The summed E-state index contributed by atoms with van der Waals surface area (Å²) in [6, 6.07) is 5.75. The van der Waals surface area contributed by atoms with E-state index < -0.39 is 0 Å². The maximum absolute atomic E-state index is 13.3. The lowest BCUT2D eigenvalue weighted by molar-refractivity contribution is 0.246. The van der Waals surface area contributed by atoms with Gasteiger partial charge in [-0.3, -0.25) is 0 Å². The molecule has 2 amide bonds. The van der Waals surface area contributed by atoms with Gasteiger partial charge in [-0.25, -0.2) is 14.1 Å². The van der Waals surface area contributed by atoms with Crippen molar-refractivity contribution in [1.82, 2.24) is 10.6 Å². The minimum absolute atomic E-state index is 0.248. The van der Waals surface area contributed by atoms with Crippen molar-refractivity contribution in [2.45, 2.75) is 0 Å². The number of nitrogens with zero attached hydrogens (tertiary/aromatic N) is 1. The second kappa shape index (κ2) is 4.18. The SMILES string of the molecule is O=C1NCC2=C(NCC=C2)N1c1cccc(F)c1. The van der Waals surface area contributed by atoms with Gasteiger partial charge < -0.3 is 10.6 Å². The summed E-state index contributed by atoms with van der Waals surface area (Å²) in [7, 11) is 0. The first-order valence-electron chi connectivity index (χ1n) is 5.73. The van der Waals surface area contributed by atoms with E-state index in [1.165, 1.54) is 17.0 Å². The van der Waals surface area contributed by atoms with Crippen molar-refractivity contribution in [2.75, 3.05) is 18.0 Å². The topological polar surface area (TPSA) is 44.4 Å². The summed E-state index contributed by atoms with van der Waals surface area (Å²) in [6.07, 6.45) is 3.96. The zero-order chi connectivity index (χ0) is 12.5. The molecule has 0 radical (unpaired) electrons. The van der Waals surface area contributed by atoms with E-state index in [0.717, 1.165) is 11.4 Å². The number of amides is 2. The van der Waals surface area contributed by atoms with Gasteiger partial charge in [0.25, 0.3) is 0 Å². The fraction of sp³-hybridized carbons (Fsp3) is 0.154. The number of carbonyl (C=O) groups is 1.